The summed E-state index contributed by atoms with van der Waals surface area (Å²) in [5, 5.41) is 3.49. The number of hydrogen-bond acceptors (Lipinski definition) is 4. The van der Waals surface area contributed by atoms with Gasteiger partial charge in [-0.3, -0.25) is 0 Å². The van der Waals surface area contributed by atoms with E-state index in [2.05, 4.69) is 10.0 Å². The molecule has 2 aromatic rings. The van der Waals surface area contributed by atoms with Crippen LogP contribution in [0.1, 0.15) is 6.92 Å². The molecule has 1 heterocycles. The summed E-state index contributed by atoms with van der Waals surface area (Å²) < 4.78 is 27.0. The molecule has 1 unspecified atom stereocenters. The lowest BCUT2D eigenvalue weighted by Gasteiger charge is -2.27. The number of nitrogen functional groups attached to an aromatic ring is 1. The van der Waals surface area contributed by atoms with Gasteiger partial charge in [-0.05, 0) is 36.8 Å². The summed E-state index contributed by atoms with van der Waals surface area (Å²) in [5.41, 5.74) is 8.47. The molecule has 1 aliphatic heterocycles. The lowest BCUT2D eigenvalue weighted by Crippen LogP contribution is -2.42. The summed E-state index contributed by atoms with van der Waals surface area (Å²) in [6, 6.07) is 10.4. The van der Waals surface area contributed by atoms with Gasteiger partial charge in [-0.1, -0.05) is 23.7 Å². The van der Waals surface area contributed by atoms with Gasteiger partial charge in [0.05, 0.1) is 11.9 Å². The fourth-order valence-electron chi connectivity index (χ4n) is 2.42. The molecule has 7 heteroatoms. The zero-order chi connectivity index (χ0) is 15.2. The Morgan fingerprint density at radius 1 is 1.24 bits per heavy atom. The average Bonchev–Trinajstić information content (AvgIpc) is 2.38. The van der Waals surface area contributed by atoms with Crippen molar-refractivity contribution in [3.8, 4) is 11.1 Å². The predicted molar refractivity (Wildman–Crippen MR) is 84.7 cm³/mol. The molecule has 4 N–H and O–H groups in total. The quantitative estimate of drug-likeness (QED) is 0.704. The first kappa shape index (κ1) is 14.2. The van der Waals surface area contributed by atoms with Crippen molar-refractivity contribution in [3.05, 3.63) is 41.4 Å². The Hall–Kier alpha value is -1.76. The molecule has 1 atom stereocenters. The van der Waals surface area contributed by atoms with Crippen LogP contribution in [0, 0.1) is 0 Å². The molecule has 21 heavy (non-hydrogen) atoms. The van der Waals surface area contributed by atoms with E-state index < -0.39 is 16.2 Å². The van der Waals surface area contributed by atoms with E-state index in [1.54, 1.807) is 25.1 Å². The van der Waals surface area contributed by atoms with Crippen molar-refractivity contribution in [1.29, 1.82) is 0 Å². The van der Waals surface area contributed by atoms with E-state index in [1.165, 1.54) is 6.07 Å². The van der Waals surface area contributed by atoms with Gasteiger partial charge in [-0.25, -0.2) is 8.42 Å². The van der Waals surface area contributed by atoms with Crippen molar-refractivity contribution < 1.29 is 8.42 Å². The van der Waals surface area contributed by atoms with Gasteiger partial charge in [0.1, 0.15) is 4.90 Å². The van der Waals surface area contributed by atoms with Gasteiger partial charge < -0.3 is 11.1 Å². The van der Waals surface area contributed by atoms with Gasteiger partial charge in [0.25, 0.3) is 0 Å². The summed E-state index contributed by atoms with van der Waals surface area (Å²) in [7, 11) is -3.58. The Bertz CT molecular complexity index is 821. The average molecular weight is 324 g/mol. The van der Waals surface area contributed by atoms with Crippen LogP contribution in [0.5, 0.6) is 0 Å². The second kappa shape index (κ2) is 4.91. The summed E-state index contributed by atoms with van der Waals surface area (Å²) >= 11 is 6.08. The summed E-state index contributed by atoms with van der Waals surface area (Å²) in [6.45, 7) is 1.73. The van der Waals surface area contributed by atoms with Gasteiger partial charge in [0.15, 0.2) is 0 Å². The molecule has 5 nitrogen and oxygen atoms in total. The number of nitrogens with one attached hydrogen (secondary N) is 2. The number of nitrogens with two attached hydrogens (primary N) is 1. The van der Waals surface area contributed by atoms with Crippen molar-refractivity contribution in [3.63, 3.8) is 0 Å². The Balaban J connectivity index is 2.30. The highest BCUT2D eigenvalue weighted by Crippen LogP contribution is 2.39. The highest BCUT2D eigenvalue weighted by molar-refractivity contribution is 7.89. The van der Waals surface area contributed by atoms with Crippen LogP contribution >= 0.6 is 11.6 Å². The third-order valence-corrected chi connectivity index (χ3v) is 5.03. The minimum Gasteiger partial charge on any atom is -0.399 e. The smallest absolute Gasteiger partial charge is 0.244 e. The van der Waals surface area contributed by atoms with Crippen LogP contribution in [-0.4, -0.2) is 14.6 Å². The first-order chi connectivity index (χ1) is 9.87. The molecular formula is C14H14ClN3O2S. The first-order valence-electron chi connectivity index (χ1n) is 6.35. The van der Waals surface area contributed by atoms with Crippen LogP contribution in [0.3, 0.4) is 0 Å². The van der Waals surface area contributed by atoms with E-state index in [-0.39, 0.29) is 4.90 Å². The maximum absolute atomic E-state index is 12.3. The molecule has 0 saturated carbocycles. The molecule has 0 radical (unpaired) electrons. The molecule has 0 fully saturated rings. The van der Waals surface area contributed by atoms with Crippen molar-refractivity contribution in [1.82, 2.24) is 4.72 Å². The maximum Gasteiger partial charge on any atom is 0.244 e. The molecule has 2 aromatic carbocycles. The molecule has 0 amide bonds. The topological polar surface area (TPSA) is 84.2 Å². The second-order valence-corrected chi connectivity index (χ2v) is 7.06. The van der Waals surface area contributed by atoms with E-state index in [4.69, 9.17) is 17.3 Å². The van der Waals surface area contributed by atoms with E-state index >= 15 is 0 Å². The molecule has 3 rings (SSSR count). The SMILES string of the molecule is CC1Nc2c(-c3cccc(N)c3)cc(Cl)cc2S(=O)(=O)N1. The van der Waals surface area contributed by atoms with Gasteiger partial charge >= 0.3 is 0 Å². The minimum absolute atomic E-state index is 0.144. The standard InChI is InChI=1S/C14H14ClN3O2S/c1-8-17-14-12(9-3-2-4-11(16)5-9)6-10(15)7-13(14)21(19,20)18-8/h2-8,17-18H,16H2,1H3. The fourth-order valence-corrected chi connectivity index (χ4v) is 4.07. The maximum atomic E-state index is 12.3. The first-order valence-corrected chi connectivity index (χ1v) is 8.21. The highest BCUT2D eigenvalue weighted by atomic mass is 35.5. The van der Waals surface area contributed by atoms with Crippen molar-refractivity contribution in [2.24, 2.45) is 0 Å². The van der Waals surface area contributed by atoms with Crippen LogP contribution in [0.15, 0.2) is 41.3 Å². The van der Waals surface area contributed by atoms with Gasteiger partial charge in [-0.15, -0.1) is 0 Å². The van der Waals surface area contributed by atoms with E-state index in [0.717, 1.165) is 5.56 Å². The van der Waals surface area contributed by atoms with Crippen LogP contribution in [0.2, 0.25) is 5.02 Å². The number of hydrogen-bond donors (Lipinski definition) is 3. The number of rotatable bonds is 1. The third-order valence-electron chi connectivity index (χ3n) is 3.25. The molecule has 0 spiro atoms. The highest BCUT2D eigenvalue weighted by Gasteiger charge is 2.29. The molecule has 110 valence electrons. The van der Waals surface area contributed by atoms with Gasteiger partial charge in [0, 0.05) is 16.3 Å². The monoisotopic (exact) mass is 323 g/mol. The van der Waals surface area contributed by atoms with Gasteiger partial charge in [-0.2, -0.15) is 4.72 Å². The lowest BCUT2D eigenvalue weighted by molar-refractivity contribution is 0.566. The number of halogens is 1. The van der Waals surface area contributed by atoms with Crippen molar-refractivity contribution >= 4 is 33.0 Å². The van der Waals surface area contributed by atoms with Crippen molar-refractivity contribution in [2.45, 2.75) is 18.0 Å². The van der Waals surface area contributed by atoms with E-state index in [1.807, 2.05) is 12.1 Å². The van der Waals surface area contributed by atoms with Crippen LogP contribution in [-0.2, 0) is 10.0 Å². The number of anilines is 2. The number of sulfonamides is 1. The molecule has 1 aliphatic rings. The third kappa shape index (κ3) is 2.57. The lowest BCUT2D eigenvalue weighted by atomic mass is 10.0. The molecular weight excluding hydrogens is 310 g/mol. The van der Waals surface area contributed by atoms with E-state index in [9.17, 15) is 8.42 Å². The Morgan fingerprint density at radius 3 is 2.71 bits per heavy atom. The number of benzene rings is 2. The predicted octanol–water partition coefficient (Wildman–Crippen LogP) is 2.64. The van der Waals surface area contributed by atoms with E-state index in [0.29, 0.717) is 22.0 Å². The normalized spacial score (nSPS) is 19.6. The minimum atomic E-state index is -3.58. The van der Waals surface area contributed by atoms with Crippen LogP contribution in [0.4, 0.5) is 11.4 Å². The van der Waals surface area contributed by atoms with Crippen LogP contribution < -0.4 is 15.8 Å². The van der Waals surface area contributed by atoms with Gasteiger partial charge in [0.2, 0.25) is 10.0 Å². The zero-order valence-electron chi connectivity index (χ0n) is 11.2. The molecule has 0 bridgehead atoms. The second-order valence-electron chi connectivity index (χ2n) is 4.94. The van der Waals surface area contributed by atoms with Crippen LogP contribution in [0.25, 0.3) is 11.1 Å². The van der Waals surface area contributed by atoms with Crippen molar-refractivity contribution in [2.75, 3.05) is 11.1 Å². The summed E-state index contributed by atoms with van der Waals surface area (Å²) in [6.07, 6.45) is -0.400. The Labute approximate surface area is 128 Å². The zero-order valence-corrected chi connectivity index (χ0v) is 12.8. The molecule has 0 aliphatic carbocycles. The molecule has 0 aromatic heterocycles. The Morgan fingerprint density at radius 2 is 2.00 bits per heavy atom. The molecule has 0 saturated heterocycles. The Kier molecular flexibility index (Phi) is 3.32. The summed E-state index contributed by atoms with van der Waals surface area (Å²) in [5.74, 6) is 0. The summed E-state index contributed by atoms with van der Waals surface area (Å²) in [4.78, 5) is 0.144. The number of fused-ring (bicyclic) bond motifs is 1. The largest absolute Gasteiger partial charge is 0.399 e. The fraction of sp³-hybridized carbons (Fsp3) is 0.143.